The number of pyridine rings is 1. The SMILES string of the molecule is c1ccc(NC2CCNC3(CCC3)C2)nc1. The molecule has 1 unspecified atom stereocenters. The largest absolute Gasteiger partial charge is 0.367 e. The third kappa shape index (κ3) is 1.92. The standard InChI is InChI=1S/C13H19N3/c1-2-8-14-12(4-1)16-11-5-9-15-13(10-11)6-3-7-13/h1-2,4,8,11,15H,3,5-7,9-10H2,(H,14,16). The van der Waals surface area contributed by atoms with Crippen molar-refractivity contribution in [3.63, 3.8) is 0 Å². The van der Waals surface area contributed by atoms with E-state index in [0.717, 1.165) is 12.4 Å². The number of anilines is 1. The van der Waals surface area contributed by atoms with Crippen LogP contribution < -0.4 is 10.6 Å². The second kappa shape index (κ2) is 4.06. The highest BCUT2D eigenvalue weighted by atomic mass is 15.1. The van der Waals surface area contributed by atoms with E-state index in [0.29, 0.717) is 11.6 Å². The molecule has 0 aromatic carbocycles. The molecule has 2 heterocycles. The van der Waals surface area contributed by atoms with Crippen molar-refractivity contribution in [1.82, 2.24) is 10.3 Å². The van der Waals surface area contributed by atoms with E-state index in [-0.39, 0.29) is 0 Å². The summed E-state index contributed by atoms with van der Waals surface area (Å²) in [5.41, 5.74) is 0.463. The van der Waals surface area contributed by atoms with Gasteiger partial charge in [0.2, 0.25) is 0 Å². The lowest BCUT2D eigenvalue weighted by Gasteiger charge is -2.48. The fourth-order valence-corrected chi connectivity index (χ4v) is 2.92. The Bertz CT molecular complexity index is 345. The monoisotopic (exact) mass is 217 g/mol. The molecule has 1 atom stereocenters. The van der Waals surface area contributed by atoms with E-state index in [1.165, 1.54) is 32.1 Å². The van der Waals surface area contributed by atoms with Crippen LogP contribution in [0.4, 0.5) is 5.82 Å². The lowest BCUT2D eigenvalue weighted by atomic mass is 9.70. The molecule has 0 bridgehead atoms. The Morgan fingerprint density at radius 3 is 3.00 bits per heavy atom. The Morgan fingerprint density at radius 1 is 1.38 bits per heavy atom. The van der Waals surface area contributed by atoms with Crippen molar-refractivity contribution in [1.29, 1.82) is 0 Å². The quantitative estimate of drug-likeness (QED) is 0.797. The van der Waals surface area contributed by atoms with Gasteiger partial charge in [0.25, 0.3) is 0 Å². The normalized spacial score (nSPS) is 27.4. The topological polar surface area (TPSA) is 37.0 Å². The summed E-state index contributed by atoms with van der Waals surface area (Å²) in [6, 6.07) is 6.64. The molecule has 2 aliphatic rings. The molecule has 1 aromatic heterocycles. The molecule has 3 nitrogen and oxygen atoms in total. The van der Waals surface area contributed by atoms with Gasteiger partial charge in [-0.25, -0.2) is 4.98 Å². The molecule has 86 valence electrons. The predicted molar refractivity (Wildman–Crippen MR) is 65.5 cm³/mol. The third-order valence-electron chi connectivity index (χ3n) is 3.96. The van der Waals surface area contributed by atoms with Crippen molar-refractivity contribution < 1.29 is 0 Å². The number of hydrogen-bond acceptors (Lipinski definition) is 3. The molecule has 1 aliphatic carbocycles. The van der Waals surface area contributed by atoms with Crippen LogP contribution in [0.5, 0.6) is 0 Å². The Balaban J connectivity index is 1.63. The first-order chi connectivity index (χ1) is 7.86. The fourth-order valence-electron chi connectivity index (χ4n) is 2.92. The lowest BCUT2D eigenvalue weighted by molar-refractivity contribution is 0.135. The van der Waals surface area contributed by atoms with Crippen LogP contribution in [-0.4, -0.2) is 23.1 Å². The number of nitrogens with one attached hydrogen (secondary N) is 2. The van der Waals surface area contributed by atoms with Gasteiger partial charge in [-0.2, -0.15) is 0 Å². The number of nitrogens with zero attached hydrogens (tertiary/aromatic N) is 1. The Labute approximate surface area is 96.7 Å². The van der Waals surface area contributed by atoms with Crippen LogP contribution >= 0.6 is 0 Å². The van der Waals surface area contributed by atoms with Crippen molar-refractivity contribution in [2.24, 2.45) is 0 Å². The molecule has 1 saturated heterocycles. The first kappa shape index (κ1) is 10.1. The molecule has 1 spiro atoms. The van der Waals surface area contributed by atoms with Crippen molar-refractivity contribution >= 4 is 5.82 Å². The van der Waals surface area contributed by atoms with Crippen molar-refractivity contribution in [2.75, 3.05) is 11.9 Å². The molecule has 0 radical (unpaired) electrons. The van der Waals surface area contributed by atoms with Crippen LogP contribution in [0.2, 0.25) is 0 Å². The summed E-state index contributed by atoms with van der Waals surface area (Å²) in [6.07, 6.45) is 8.41. The highest BCUT2D eigenvalue weighted by Crippen LogP contribution is 2.38. The number of piperidine rings is 1. The zero-order valence-corrected chi connectivity index (χ0v) is 9.58. The number of aromatic nitrogens is 1. The van der Waals surface area contributed by atoms with E-state index in [9.17, 15) is 0 Å². The zero-order valence-electron chi connectivity index (χ0n) is 9.58. The maximum absolute atomic E-state index is 4.33. The first-order valence-corrected chi connectivity index (χ1v) is 6.29. The minimum atomic E-state index is 0.463. The summed E-state index contributed by atoms with van der Waals surface area (Å²) in [6.45, 7) is 1.14. The minimum Gasteiger partial charge on any atom is -0.367 e. The van der Waals surface area contributed by atoms with E-state index in [1.54, 1.807) is 0 Å². The lowest BCUT2D eigenvalue weighted by Crippen LogP contribution is -2.58. The van der Waals surface area contributed by atoms with E-state index in [1.807, 2.05) is 18.3 Å². The van der Waals surface area contributed by atoms with Gasteiger partial charge in [-0.1, -0.05) is 6.07 Å². The molecule has 1 aromatic rings. The van der Waals surface area contributed by atoms with E-state index < -0.39 is 0 Å². The molecule has 3 rings (SSSR count). The minimum absolute atomic E-state index is 0.463. The molecule has 3 heteroatoms. The van der Waals surface area contributed by atoms with Crippen LogP contribution in [0.15, 0.2) is 24.4 Å². The molecule has 2 N–H and O–H groups in total. The van der Waals surface area contributed by atoms with Crippen LogP contribution in [0.25, 0.3) is 0 Å². The average molecular weight is 217 g/mol. The maximum atomic E-state index is 4.33. The van der Waals surface area contributed by atoms with Gasteiger partial charge >= 0.3 is 0 Å². The predicted octanol–water partition coefficient (Wildman–Crippen LogP) is 2.17. The van der Waals surface area contributed by atoms with Crippen LogP contribution in [0, 0.1) is 0 Å². The van der Waals surface area contributed by atoms with Gasteiger partial charge in [-0.15, -0.1) is 0 Å². The van der Waals surface area contributed by atoms with Gasteiger partial charge in [0.15, 0.2) is 0 Å². The second-order valence-corrected chi connectivity index (χ2v) is 5.11. The van der Waals surface area contributed by atoms with Crippen molar-refractivity contribution in [2.45, 2.75) is 43.7 Å². The Morgan fingerprint density at radius 2 is 2.31 bits per heavy atom. The van der Waals surface area contributed by atoms with Crippen LogP contribution in [0.1, 0.15) is 32.1 Å². The smallest absolute Gasteiger partial charge is 0.126 e. The fraction of sp³-hybridized carbons (Fsp3) is 0.615. The van der Waals surface area contributed by atoms with Crippen LogP contribution in [0.3, 0.4) is 0 Å². The van der Waals surface area contributed by atoms with Gasteiger partial charge in [-0.3, -0.25) is 0 Å². The molecule has 0 amide bonds. The molecule has 1 aliphatic heterocycles. The van der Waals surface area contributed by atoms with Gasteiger partial charge in [0.1, 0.15) is 5.82 Å². The molecule has 1 saturated carbocycles. The molecular weight excluding hydrogens is 198 g/mol. The molecular formula is C13H19N3. The van der Waals surface area contributed by atoms with Gasteiger partial charge in [-0.05, 0) is 50.8 Å². The van der Waals surface area contributed by atoms with E-state index >= 15 is 0 Å². The highest BCUT2D eigenvalue weighted by molar-refractivity contribution is 5.35. The maximum Gasteiger partial charge on any atom is 0.126 e. The summed E-state index contributed by atoms with van der Waals surface area (Å²) in [4.78, 5) is 4.33. The molecule has 2 fully saturated rings. The van der Waals surface area contributed by atoms with Gasteiger partial charge < -0.3 is 10.6 Å². The highest BCUT2D eigenvalue weighted by Gasteiger charge is 2.40. The van der Waals surface area contributed by atoms with E-state index in [4.69, 9.17) is 0 Å². The van der Waals surface area contributed by atoms with Crippen molar-refractivity contribution in [3.05, 3.63) is 24.4 Å². The third-order valence-corrected chi connectivity index (χ3v) is 3.96. The summed E-state index contributed by atoms with van der Waals surface area (Å²) in [5, 5.41) is 7.24. The second-order valence-electron chi connectivity index (χ2n) is 5.11. The number of rotatable bonds is 2. The summed E-state index contributed by atoms with van der Waals surface area (Å²) >= 11 is 0. The Hall–Kier alpha value is -1.09. The zero-order chi connectivity index (χ0) is 10.8. The summed E-state index contributed by atoms with van der Waals surface area (Å²) in [5.74, 6) is 1.02. The molecule has 16 heavy (non-hydrogen) atoms. The summed E-state index contributed by atoms with van der Waals surface area (Å²) in [7, 11) is 0. The van der Waals surface area contributed by atoms with E-state index in [2.05, 4.69) is 21.7 Å². The Kier molecular flexibility index (Phi) is 2.56. The van der Waals surface area contributed by atoms with Crippen LogP contribution in [-0.2, 0) is 0 Å². The van der Waals surface area contributed by atoms with Gasteiger partial charge in [0.05, 0.1) is 0 Å². The van der Waals surface area contributed by atoms with Gasteiger partial charge in [0, 0.05) is 17.8 Å². The average Bonchev–Trinajstić information content (AvgIpc) is 2.29. The first-order valence-electron chi connectivity index (χ1n) is 6.29. The summed E-state index contributed by atoms with van der Waals surface area (Å²) < 4.78 is 0. The van der Waals surface area contributed by atoms with Crippen molar-refractivity contribution in [3.8, 4) is 0 Å². The number of hydrogen-bond donors (Lipinski definition) is 2.